The molecule has 0 aromatic carbocycles. The summed E-state index contributed by atoms with van der Waals surface area (Å²) in [6.45, 7) is 1.95. The number of fused-ring (bicyclic) bond motifs is 1. The van der Waals surface area contributed by atoms with Crippen LogP contribution in [0.1, 0.15) is 11.9 Å². The molecule has 1 aliphatic rings. The summed E-state index contributed by atoms with van der Waals surface area (Å²) in [7, 11) is 4.96. The average Bonchev–Trinajstić information content (AvgIpc) is 3.31. The summed E-state index contributed by atoms with van der Waals surface area (Å²) in [5.74, 6) is 0.735. The van der Waals surface area contributed by atoms with E-state index in [9.17, 15) is 14.4 Å². The van der Waals surface area contributed by atoms with Crippen molar-refractivity contribution in [1.29, 1.82) is 0 Å². The van der Waals surface area contributed by atoms with E-state index in [1.807, 2.05) is 22.7 Å². The van der Waals surface area contributed by atoms with Gasteiger partial charge in [0.15, 0.2) is 0 Å². The molecule has 0 bridgehead atoms. The Morgan fingerprint density at radius 3 is 2.66 bits per heavy atom. The molecular weight excluding hydrogens is 398 g/mol. The zero-order valence-corrected chi connectivity index (χ0v) is 17.3. The van der Waals surface area contributed by atoms with Crippen LogP contribution in [0.2, 0.25) is 0 Å². The smallest absolute Gasteiger partial charge is 0.332 e. The molecule has 156 valence electrons. The summed E-state index contributed by atoms with van der Waals surface area (Å²) in [5, 5.41) is 3.73. The number of carbonyl (C=O) groups is 1. The van der Waals surface area contributed by atoms with Crippen LogP contribution in [-0.4, -0.2) is 53.7 Å². The first-order chi connectivity index (χ1) is 13.4. The molecule has 0 saturated carbocycles. The quantitative estimate of drug-likeness (QED) is 0.607. The van der Waals surface area contributed by atoms with Crippen molar-refractivity contribution in [2.24, 2.45) is 21.1 Å². The van der Waals surface area contributed by atoms with Crippen LogP contribution in [0.15, 0.2) is 34.2 Å². The van der Waals surface area contributed by atoms with Crippen LogP contribution in [0.25, 0.3) is 11.0 Å². The minimum absolute atomic E-state index is 0. The van der Waals surface area contributed by atoms with Crippen LogP contribution >= 0.6 is 12.4 Å². The highest BCUT2D eigenvalue weighted by atomic mass is 35.5. The van der Waals surface area contributed by atoms with Crippen LogP contribution in [-0.2, 0) is 32.5 Å². The summed E-state index contributed by atoms with van der Waals surface area (Å²) in [4.78, 5) is 44.0. The maximum absolute atomic E-state index is 13.1. The molecule has 1 amide bonds. The van der Waals surface area contributed by atoms with Gasteiger partial charge in [-0.15, -0.1) is 12.4 Å². The lowest BCUT2D eigenvalue weighted by Gasteiger charge is -2.36. The molecule has 1 saturated heterocycles. The molecule has 1 atom stereocenters. The Morgan fingerprint density at radius 2 is 1.97 bits per heavy atom. The number of hydrogen-bond acceptors (Lipinski definition) is 5. The molecule has 3 aromatic heterocycles. The Morgan fingerprint density at radius 1 is 1.21 bits per heavy atom. The van der Waals surface area contributed by atoms with Crippen molar-refractivity contribution < 1.29 is 4.79 Å². The first-order valence-electron chi connectivity index (χ1n) is 9.12. The fourth-order valence-corrected chi connectivity index (χ4v) is 3.88. The predicted molar refractivity (Wildman–Crippen MR) is 110 cm³/mol. The van der Waals surface area contributed by atoms with Gasteiger partial charge in [-0.05, 0) is 6.07 Å². The van der Waals surface area contributed by atoms with Gasteiger partial charge >= 0.3 is 5.69 Å². The summed E-state index contributed by atoms with van der Waals surface area (Å²) in [6.07, 6.45) is 5.26. The van der Waals surface area contributed by atoms with Gasteiger partial charge in [-0.2, -0.15) is 0 Å². The minimum Gasteiger partial charge on any atom is -0.336 e. The molecular formula is C18H24ClN7O3. The number of piperazine rings is 1. The highest BCUT2D eigenvalue weighted by Crippen LogP contribution is 2.21. The molecule has 0 radical (unpaired) electrons. The van der Waals surface area contributed by atoms with Crippen molar-refractivity contribution in [1.82, 2.24) is 33.5 Å². The minimum atomic E-state index is -0.419. The van der Waals surface area contributed by atoms with Crippen LogP contribution in [0, 0.1) is 0 Å². The SMILES string of the molecule is Cl.Cn1ccnc1C1CNCCN1C(=O)Cn1ccc2c(=O)n(C)c(=O)n(C)c21. The zero-order chi connectivity index (χ0) is 20.0. The molecule has 3 aromatic rings. The first kappa shape index (κ1) is 20.9. The molecule has 0 spiro atoms. The van der Waals surface area contributed by atoms with Crippen LogP contribution in [0.5, 0.6) is 0 Å². The van der Waals surface area contributed by atoms with Crippen molar-refractivity contribution >= 4 is 29.3 Å². The fourth-order valence-electron chi connectivity index (χ4n) is 3.88. The highest BCUT2D eigenvalue weighted by molar-refractivity contribution is 5.85. The molecule has 0 aliphatic carbocycles. The first-order valence-corrected chi connectivity index (χ1v) is 9.12. The van der Waals surface area contributed by atoms with E-state index in [1.54, 1.807) is 30.1 Å². The van der Waals surface area contributed by atoms with Crippen LogP contribution in [0.4, 0.5) is 0 Å². The van der Waals surface area contributed by atoms with Crippen molar-refractivity contribution in [3.05, 3.63) is 51.3 Å². The van der Waals surface area contributed by atoms with E-state index in [-0.39, 0.29) is 36.5 Å². The number of aryl methyl sites for hydroxylation is 2. The lowest BCUT2D eigenvalue weighted by Crippen LogP contribution is -2.50. The van der Waals surface area contributed by atoms with E-state index in [0.29, 0.717) is 30.7 Å². The van der Waals surface area contributed by atoms with Gasteiger partial charge in [-0.25, -0.2) is 9.78 Å². The number of imidazole rings is 1. The normalized spacial score (nSPS) is 16.8. The number of halogens is 1. The molecule has 1 aliphatic heterocycles. The number of hydrogen-bond donors (Lipinski definition) is 1. The monoisotopic (exact) mass is 421 g/mol. The average molecular weight is 422 g/mol. The number of carbonyl (C=O) groups excluding carboxylic acids is 1. The molecule has 10 nitrogen and oxygen atoms in total. The van der Waals surface area contributed by atoms with E-state index in [1.165, 1.54) is 11.6 Å². The standard InChI is InChI=1S/C18H23N7O3.ClH/c1-21-8-6-20-15(21)13-10-19-5-9-25(13)14(26)11-24-7-4-12-16(24)22(2)18(28)23(3)17(12)27;/h4,6-8,13,19H,5,9-11H2,1-3H3;1H. The van der Waals surface area contributed by atoms with Crippen molar-refractivity contribution in [2.75, 3.05) is 19.6 Å². The summed E-state index contributed by atoms with van der Waals surface area (Å²) < 4.78 is 6.05. The molecule has 4 heterocycles. The van der Waals surface area contributed by atoms with Crippen molar-refractivity contribution in [3.8, 4) is 0 Å². The summed E-state index contributed by atoms with van der Waals surface area (Å²) in [6, 6.07) is 1.48. The maximum atomic E-state index is 13.1. The third-order valence-corrected chi connectivity index (χ3v) is 5.39. The van der Waals surface area contributed by atoms with Crippen molar-refractivity contribution in [2.45, 2.75) is 12.6 Å². The fraction of sp³-hybridized carbons (Fsp3) is 0.444. The third-order valence-electron chi connectivity index (χ3n) is 5.39. The number of nitrogens with one attached hydrogen (secondary N) is 1. The molecule has 1 unspecified atom stereocenters. The Kier molecular flexibility index (Phi) is 5.67. The molecule has 29 heavy (non-hydrogen) atoms. The van der Waals surface area contributed by atoms with Gasteiger partial charge in [-0.1, -0.05) is 0 Å². The van der Waals surface area contributed by atoms with E-state index in [0.717, 1.165) is 10.4 Å². The topological polar surface area (TPSA) is 99.1 Å². The van der Waals surface area contributed by atoms with Gasteiger partial charge in [0, 0.05) is 59.4 Å². The number of rotatable bonds is 3. The Bertz CT molecular complexity index is 1170. The summed E-state index contributed by atoms with van der Waals surface area (Å²) >= 11 is 0. The van der Waals surface area contributed by atoms with Gasteiger partial charge in [0.05, 0.1) is 5.39 Å². The lowest BCUT2D eigenvalue weighted by molar-refractivity contribution is -0.135. The van der Waals surface area contributed by atoms with E-state index in [4.69, 9.17) is 0 Å². The van der Waals surface area contributed by atoms with Gasteiger partial charge in [0.25, 0.3) is 5.56 Å². The molecule has 1 fully saturated rings. The number of amides is 1. The molecule has 1 N–H and O–H groups in total. The maximum Gasteiger partial charge on any atom is 0.332 e. The second-order valence-corrected chi connectivity index (χ2v) is 7.09. The molecule has 11 heteroatoms. The van der Waals surface area contributed by atoms with Crippen molar-refractivity contribution in [3.63, 3.8) is 0 Å². The van der Waals surface area contributed by atoms with E-state index < -0.39 is 5.69 Å². The Balaban J connectivity index is 0.00000240. The summed E-state index contributed by atoms with van der Waals surface area (Å²) in [5.41, 5.74) is -0.333. The van der Waals surface area contributed by atoms with Gasteiger partial charge in [0.2, 0.25) is 5.91 Å². The van der Waals surface area contributed by atoms with Gasteiger partial charge < -0.3 is 19.4 Å². The van der Waals surface area contributed by atoms with Crippen LogP contribution < -0.4 is 16.6 Å². The zero-order valence-electron chi connectivity index (χ0n) is 16.5. The predicted octanol–water partition coefficient (Wildman–Crippen LogP) is -0.633. The lowest BCUT2D eigenvalue weighted by atomic mass is 10.1. The Hall–Kier alpha value is -2.85. The Labute approximate surface area is 172 Å². The largest absolute Gasteiger partial charge is 0.336 e. The second-order valence-electron chi connectivity index (χ2n) is 7.09. The number of aromatic nitrogens is 5. The number of nitrogens with zero attached hydrogens (tertiary/aromatic N) is 6. The van der Waals surface area contributed by atoms with E-state index >= 15 is 0 Å². The van der Waals surface area contributed by atoms with Gasteiger partial charge in [-0.3, -0.25) is 18.7 Å². The third kappa shape index (κ3) is 3.38. The highest BCUT2D eigenvalue weighted by Gasteiger charge is 2.30. The van der Waals surface area contributed by atoms with Crippen LogP contribution in [0.3, 0.4) is 0 Å². The van der Waals surface area contributed by atoms with Gasteiger partial charge in [0.1, 0.15) is 24.1 Å². The molecule has 4 rings (SSSR count). The second kappa shape index (κ2) is 7.88. The van der Waals surface area contributed by atoms with E-state index in [2.05, 4.69) is 10.3 Å².